The van der Waals surface area contributed by atoms with Crippen LogP contribution in [0.1, 0.15) is 54.9 Å². The Morgan fingerprint density at radius 3 is 2.64 bits per heavy atom. The molecule has 1 aromatic carbocycles. The van der Waals surface area contributed by atoms with Crippen molar-refractivity contribution in [1.29, 1.82) is 0 Å². The number of ether oxygens (including phenoxy) is 1. The largest absolute Gasteiger partial charge is 0.503 e. The average molecular weight is 400 g/mol. The van der Waals surface area contributed by atoms with Crippen LogP contribution in [0.25, 0.3) is 0 Å². The minimum absolute atomic E-state index is 0.0589. The van der Waals surface area contributed by atoms with Crippen LogP contribution in [0.5, 0.6) is 5.75 Å². The van der Waals surface area contributed by atoms with Gasteiger partial charge in [0.25, 0.3) is 5.91 Å². The maximum atomic E-state index is 13.2. The highest BCUT2D eigenvalue weighted by atomic mass is 32.1. The number of thiophene rings is 1. The van der Waals surface area contributed by atoms with Gasteiger partial charge in [-0.3, -0.25) is 9.59 Å². The first kappa shape index (κ1) is 20.1. The first-order valence-corrected chi connectivity index (χ1v) is 10.4. The van der Waals surface area contributed by atoms with Gasteiger partial charge < -0.3 is 14.7 Å². The number of hydrogen-bond donors (Lipinski definition) is 1. The zero-order chi connectivity index (χ0) is 20.3. The summed E-state index contributed by atoms with van der Waals surface area (Å²) in [5, 5.41) is 12.4. The number of aliphatic hydroxyl groups excluding tert-OH is 1. The van der Waals surface area contributed by atoms with Crippen molar-refractivity contribution in [3.63, 3.8) is 0 Å². The number of carbonyl (C=O) groups excluding carboxylic acids is 2. The molecule has 148 valence electrons. The van der Waals surface area contributed by atoms with E-state index in [9.17, 15) is 14.7 Å². The van der Waals surface area contributed by atoms with Crippen molar-refractivity contribution < 1.29 is 19.4 Å². The van der Waals surface area contributed by atoms with Gasteiger partial charge in [0.05, 0.1) is 22.6 Å². The molecular formula is C22H25NO4S. The highest BCUT2D eigenvalue weighted by Crippen LogP contribution is 2.43. The van der Waals surface area contributed by atoms with Crippen LogP contribution in [0.15, 0.2) is 53.1 Å². The van der Waals surface area contributed by atoms with Crippen LogP contribution in [0.3, 0.4) is 0 Å². The molecule has 1 aliphatic heterocycles. The Bertz CT molecular complexity index is 886. The summed E-state index contributed by atoms with van der Waals surface area (Å²) in [6.45, 7) is 6.35. The second kappa shape index (κ2) is 8.61. The summed E-state index contributed by atoms with van der Waals surface area (Å²) in [5.74, 6) is -0.663. The van der Waals surface area contributed by atoms with Gasteiger partial charge in [0.2, 0.25) is 5.78 Å². The SMILES string of the molecule is CCCCN1C(=O)C(O)=C(C(=O)c2cccs2)C1c1ccccc1OC(C)C. The van der Waals surface area contributed by atoms with Crippen LogP contribution in [-0.4, -0.2) is 34.3 Å². The Morgan fingerprint density at radius 2 is 2.00 bits per heavy atom. The summed E-state index contributed by atoms with van der Waals surface area (Å²) in [7, 11) is 0. The summed E-state index contributed by atoms with van der Waals surface area (Å²) in [4.78, 5) is 28.1. The van der Waals surface area contributed by atoms with Gasteiger partial charge in [0.15, 0.2) is 5.76 Å². The fourth-order valence-electron chi connectivity index (χ4n) is 3.38. The molecule has 1 aliphatic rings. The van der Waals surface area contributed by atoms with Gasteiger partial charge in [-0.05, 0) is 37.8 Å². The number of aliphatic hydroxyl groups is 1. The number of rotatable bonds is 8. The van der Waals surface area contributed by atoms with Crippen LogP contribution in [0.4, 0.5) is 0 Å². The number of para-hydroxylation sites is 1. The topological polar surface area (TPSA) is 66.8 Å². The van der Waals surface area contributed by atoms with E-state index in [2.05, 4.69) is 0 Å². The van der Waals surface area contributed by atoms with Crippen LogP contribution in [-0.2, 0) is 4.79 Å². The lowest BCUT2D eigenvalue weighted by atomic mass is 9.94. The second-order valence-corrected chi connectivity index (χ2v) is 7.98. The summed E-state index contributed by atoms with van der Waals surface area (Å²) in [6.07, 6.45) is 1.62. The first-order chi connectivity index (χ1) is 13.5. The van der Waals surface area contributed by atoms with Crippen molar-refractivity contribution in [2.24, 2.45) is 0 Å². The molecule has 1 N–H and O–H groups in total. The Morgan fingerprint density at radius 1 is 1.25 bits per heavy atom. The first-order valence-electron chi connectivity index (χ1n) is 9.53. The smallest absolute Gasteiger partial charge is 0.290 e. The fourth-order valence-corrected chi connectivity index (χ4v) is 4.05. The van der Waals surface area contributed by atoms with Gasteiger partial charge in [0, 0.05) is 12.1 Å². The van der Waals surface area contributed by atoms with Crippen molar-refractivity contribution in [1.82, 2.24) is 4.90 Å². The molecule has 5 nitrogen and oxygen atoms in total. The lowest BCUT2D eigenvalue weighted by Gasteiger charge is -2.28. The molecule has 0 saturated carbocycles. The number of ketones is 1. The van der Waals surface area contributed by atoms with Gasteiger partial charge in [-0.15, -0.1) is 11.3 Å². The third kappa shape index (κ3) is 3.83. The maximum Gasteiger partial charge on any atom is 0.290 e. The molecule has 2 aromatic rings. The van der Waals surface area contributed by atoms with Crippen LogP contribution >= 0.6 is 11.3 Å². The van der Waals surface area contributed by atoms with Crippen LogP contribution in [0, 0.1) is 0 Å². The number of unbranched alkanes of at least 4 members (excludes halogenated alkanes) is 1. The number of hydrogen-bond acceptors (Lipinski definition) is 5. The van der Waals surface area contributed by atoms with E-state index >= 15 is 0 Å². The van der Waals surface area contributed by atoms with E-state index in [-0.39, 0.29) is 17.5 Å². The molecule has 3 rings (SSSR count). The molecule has 6 heteroatoms. The van der Waals surface area contributed by atoms with Gasteiger partial charge in [-0.2, -0.15) is 0 Å². The quantitative estimate of drug-likeness (QED) is 0.640. The van der Waals surface area contributed by atoms with Crippen LogP contribution in [0.2, 0.25) is 0 Å². The Hall–Kier alpha value is -2.60. The highest BCUT2D eigenvalue weighted by Gasteiger charge is 2.44. The molecule has 0 fully saturated rings. The van der Waals surface area contributed by atoms with E-state index in [1.807, 2.05) is 45.0 Å². The lowest BCUT2D eigenvalue weighted by molar-refractivity contribution is -0.129. The maximum absolute atomic E-state index is 13.2. The molecule has 0 bridgehead atoms. The summed E-state index contributed by atoms with van der Waals surface area (Å²) in [5.41, 5.74) is 0.841. The second-order valence-electron chi connectivity index (χ2n) is 7.03. The average Bonchev–Trinajstić information content (AvgIpc) is 3.28. The predicted octanol–water partition coefficient (Wildman–Crippen LogP) is 4.91. The minimum Gasteiger partial charge on any atom is -0.503 e. The van der Waals surface area contributed by atoms with E-state index in [4.69, 9.17) is 4.74 Å². The number of carbonyl (C=O) groups is 2. The van der Waals surface area contributed by atoms with E-state index in [0.29, 0.717) is 22.7 Å². The van der Waals surface area contributed by atoms with Crippen molar-refractivity contribution >= 4 is 23.0 Å². The standard InChI is InChI=1S/C22H25NO4S/c1-4-5-12-23-19(15-9-6-7-10-16(15)27-14(2)3)18(21(25)22(23)26)20(24)17-11-8-13-28-17/h6-11,13-14,19,25H,4-5,12H2,1-3H3. The molecule has 0 radical (unpaired) electrons. The monoisotopic (exact) mass is 399 g/mol. The molecule has 1 unspecified atom stereocenters. The number of Topliss-reactive ketones (excluding diaryl/α,β-unsaturated/α-hetero) is 1. The normalized spacial score (nSPS) is 16.9. The van der Waals surface area contributed by atoms with Gasteiger partial charge in [0.1, 0.15) is 5.75 Å². The highest BCUT2D eigenvalue weighted by molar-refractivity contribution is 7.12. The number of benzene rings is 1. The molecule has 0 spiro atoms. The zero-order valence-electron chi connectivity index (χ0n) is 16.3. The van der Waals surface area contributed by atoms with E-state index in [1.165, 1.54) is 11.3 Å². The summed E-state index contributed by atoms with van der Waals surface area (Å²) in [6, 6.07) is 10.2. The number of nitrogens with zero attached hydrogens (tertiary/aromatic N) is 1. The molecule has 1 aromatic heterocycles. The molecular weight excluding hydrogens is 374 g/mol. The van der Waals surface area contributed by atoms with Crippen molar-refractivity contribution in [2.45, 2.75) is 45.8 Å². The van der Waals surface area contributed by atoms with E-state index in [0.717, 1.165) is 12.8 Å². The van der Waals surface area contributed by atoms with Crippen molar-refractivity contribution in [2.75, 3.05) is 6.54 Å². The third-order valence-electron chi connectivity index (χ3n) is 4.62. The predicted molar refractivity (Wildman–Crippen MR) is 110 cm³/mol. The third-order valence-corrected chi connectivity index (χ3v) is 5.49. The van der Waals surface area contributed by atoms with E-state index in [1.54, 1.807) is 22.4 Å². The van der Waals surface area contributed by atoms with Gasteiger partial charge in [-0.25, -0.2) is 0 Å². The van der Waals surface area contributed by atoms with Crippen LogP contribution < -0.4 is 4.74 Å². The lowest BCUT2D eigenvalue weighted by Crippen LogP contribution is -2.32. The molecule has 2 heterocycles. The van der Waals surface area contributed by atoms with Crippen molar-refractivity contribution in [3.8, 4) is 5.75 Å². The van der Waals surface area contributed by atoms with Crippen molar-refractivity contribution in [3.05, 3.63) is 63.6 Å². The molecule has 0 aliphatic carbocycles. The number of amides is 1. The Labute approximate surface area is 169 Å². The fraction of sp³-hybridized carbons (Fsp3) is 0.364. The van der Waals surface area contributed by atoms with Gasteiger partial charge in [-0.1, -0.05) is 37.6 Å². The minimum atomic E-state index is -0.663. The Balaban J connectivity index is 2.12. The van der Waals surface area contributed by atoms with Gasteiger partial charge >= 0.3 is 0 Å². The van der Waals surface area contributed by atoms with E-state index < -0.39 is 17.7 Å². The Kier molecular flexibility index (Phi) is 6.19. The summed E-state index contributed by atoms with van der Waals surface area (Å²) >= 11 is 1.30. The molecule has 1 amide bonds. The molecule has 1 atom stereocenters. The zero-order valence-corrected chi connectivity index (χ0v) is 17.2. The molecule has 28 heavy (non-hydrogen) atoms. The molecule has 0 saturated heterocycles. The summed E-state index contributed by atoms with van der Waals surface area (Å²) < 4.78 is 5.95.